The SMILES string of the molecule is O=C(NCC(=O)Sc1ccccc1)OCC1c2ccccc2-c2ccccc21. The second kappa shape index (κ2) is 8.31. The van der Waals surface area contributed by atoms with Crippen molar-refractivity contribution >= 4 is 23.0 Å². The van der Waals surface area contributed by atoms with Crippen LogP contribution in [0.3, 0.4) is 0 Å². The maximum Gasteiger partial charge on any atom is 0.407 e. The molecule has 0 bridgehead atoms. The molecule has 4 rings (SSSR count). The normalized spacial score (nSPS) is 12.1. The quantitative estimate of drug-likeness (QED) is 0.634. The summed E-state index contributed by atoms with van der Waals surface area (Å²) in [7, 11) is 0. The Morgan fingerprint density at radius 1 is 0.821 bits per heavy atom. The second-order valence-corrected chi connectivity index (χ2v) is 7.60. The van der Waals surface area contributed by atoms with Crippen LogP contribution in [-0.2, 0) is 9.53 Å². The lowest BCUT2D eigenvalue weighted by Crippen LogP contribution is -2.30. The number of fused-ring (bicyclic) bond motifs is 3. The van der Waals surface area contributed by atoms with Crippen molar-refractivity contribution in [3.8, 4) is 11.1 Å². The molecule has 1 aliphatic rings. The molecule has 28 heavy (non-hydrogen) atoms. The molecule has 0 spiro atoms. The van der Waals surface area contributed by atoms with Gasteiger partial charge < -0.3 is 10.1 Å². The van der Waals surface area contributed by atoms with Gasteiger partial charge in [0.15, 0.2) is 0 Å². The summed E-state index contributed by atoms with van der Waals surface area (Å²) in [5.41, 5.74) is 4.68. The van der Waals surface area contributed by atoms with E-state index in [0.29, 0.717) is 0 Å². The molecule has 1 amide bonds. The van der Waals surface area contributed by atoms with Crippen LogP contribution in [0.1, 0.15) is 17.0 Å². The zero-order chi connectivity index (χ0) is 19.3. The Hall–Kier alpha value is -3.05. The van der Waals surface area contributed by atoms with E-state index < -0.39 is 6.09 Å². The Morgan fingerprint density at radius 3 is 2.04 bits per heavy atom. The predicted molar refractivity (Wildman–Crippen MR) is 110 cm³/mol. The fraction of sp³-hybridized carbons (Fsp3) is 0.130. The first-order chi connectivity index (χ1) is 13.7. The molecule has 0 atom stereocenters. The van der Waals surface area contributed by atoms with Gasteiger partial charge in [0, 0.05) is 10.8 Å². The summed E-state index contributed by atoms with van der Waals surface area (Å²) in [5, 5.41) is 2.40. The van der Waals surface area contributed by atoms with Crippen molar-refractivity contribution in [1.29, 1.82) is 0 Å². The van der Waals surface area contributed by atoms with Crippen molar-refractivity contribution in [2.75, 3.05) is 13.2 Å². The monoisotopic (exact) mass is 389 g/mol. The van der Waals surface area contributed by atoms with Crippen LogP contribution in [0.25, 0.3) is 11.1 Å². The van der Waals surface area contributed by atoms with Gasteiger partial charge in [-0.1, -0.05) is 78.5 Å². The number of benzene rings is 3. The Balaban J connectivity index is 1.33. The van der Waals surface area contributed by atoms with Crippen LogP contribution in [-0.4, -0.2) is 24.4 Å². The third-order valence-electron chi connectivity index (χ3n) is 4.70. The molecule has 0 fully saturated rings. The summed E-state index contributed by atoms with van der Waals surface area (Å²) in [6, 6.07) is 25.7. The molecule has 4 nitrogen and oxygen atoms in total. The van der Waals surface area contributed by atoms with Gasteiger partial charge in [0.1, 0.15) is 6.61 Å². The Morgan fingerprint density at radius 2 is 1.39 bits per heavy atom. The number of amides is 1. The van der Waals surface area contributed by atoms with E-state index in [-0.39, 0.29) is 24.2 Å². The van der Waals surface area contributed by atoms with E-state index in [2.05, 4.69) is 29.6 Å². The van der Waals surface area contributed by atoms with E-state index in [1.54, 1.807) is 0 Å². The van der Waals surface area contributed by atoms with Gasteiger partial charge in [-0.25, -0.2) is 4.79 Å². The smallest absolute Gasteiger partial charge is 0.407 e. The van der Waals surface area contributed by atoms with Gasteiger partial charge in [-0.05, 0) is 34.4 Å². The maximum atomic E-state index is 12.1. The first-order valence-electron chi connectivity index (χ1n) is 9.07. The molecule has 5 heteroatoms. The molecule has 1 N–H and O–H groups in total. The average Bonchev–Trinajstić information content (AvgIpc) is 3.05. The van der Waals surface area contributed by atoms with Crippen LogP contribution in [0.5, 0.6) is 0 Å². The highest BCUT2D eigenvalue weighted by Crippen LogP contribution is 2.44. The lowest BCUT2D eigenvalue weighted by Gasteiger charge is -2.14. The van der Waals surface area contributed by atoms with Crippen LogP contribution in [0.15, 0.2) is 83.8 Å². The summed E-state index contributed by atoms with van der Waals surface area (Å²) < 4.78 is 5.43. The standard InChI is InChI=1S/C23H19NO3S/c25-22(28-16-8-2-1-3-9-16)14-24-23(26)27-15-21-19-12-6-4-10-17(19)18-11-5-7-13-20(18)21/h1-13,21H,14-15H2,(H,24,26). The van der Waals surface area contributed by atoms with Gasteiger partial charge in [0.2, 0.25) is 5.12 Å². The van der Waals surface area contributed by atoms with Gasteiger partial charge >= 0.3 is 6.09 Å². The number of ether oxygens (including phenoxy) is 1. The van der Waals surface area contributed by atoms with E-state index >= 15 is 0 Å². The summed E-state index contributed by atoms with van der Waals surface area (Å²) >= 11 is 1.10. The van der Waals surface area contributed by atoms with E-state index in [0.717, 1.165) is 27.8 Å². The number of rotatable bonds is 5. The van der Waals surface area contributed by atoms with Gasteiger partial charge in [-0.2, -0.15) is 0 Å². The number of carbonyl (C=O) groups is 2. The zero-order valence-corrected chi connectivity index (χ0v) is 15.9. The molecule has 140 valence electrons. The Kier molecular flexibility index (Phi) is 5.44. The fourth-order valence-electron chi connectivity index (χ4n) is 3.45. The number of alkyl carbamates (subject to hydrolysis) is 1. The maximum absolute atomic E-state index is 12.1. The third-order valence-corrected chi connectivity index (χ3v) is 5.58. The fourth-order valence-corrected chi connectivity index (χ4v) is 4.15. The Labute approximate surface area is 167 Å². The number of thioether (sulfide) groups is 1. The molecule has 0 saturated carbocycles. The average molecular weight is 389 g/mol. The summed E-state index contributed by atoms with van der Waals surface area (Å²) in [6.07, 6.45) is -0.580. The van der Waals surface area contributed by atoms with Crippen LogP contribution in [0.4, 0.5) is 4.79 Å². The van der Waals surface area contributed by atoms with Crippen molar-refractivity contribution in [2.45, 2.75) is 10.8 Å². The predicted octanol–water partition coefficient (Wildman–Crippen LogP) is 4.84. The topological polar surface area (TPSA) is 55.4 Å². The van der Waals surface area contributed by atoms with Crippen molar-refractivity contribution in [3.05, 3.63) is 90.0 Å². The van der Waals surface area contributed by atoms with Gasteiger partial charge in [-0.15, -0.1) is 0 Å². The lowest BCUT2D eigenvalue weighted by atomic mass is 9.98. The molecule has 0 aliphatic heterocycles. The first kappa shape index (κ1) is 18.3. The van der Waals surface area contributed by atoms with E-state index in [9.17, 15) is 9.59 Å². The number of carbonyl (C=O) groups excluding carboxylic acids is 2. The number of nitrogens with one attached hydrogen (secondary N) is 1. The van der Waals surface area contributed by atoms with Crippen molar-refractivity contribution < 1.29 is 14.3 Å². The molecular formula is C23H19NO3S. The van der Waals surface area contributed by atoms with Crippen LogP contribution in [0.2, 0.25) is 0 Å². The molecule has 0 aromatic heterocycles. The van der Waals surface area contributed by atoms with Gasteiger partial charge in [0.25, 0.3) is 0 Å². The number of hydrogen-bond donors (Lipinski definition) is 1. The lowest BCUT2D eigenvalue weighted by molar-refractivity contribution is -0.110. The largest absolute Gasteiger partial charge is 0.449 e. The highest BCUT2D eigenvalue weighted by atomic mass is 32.2. The molecule has 0 saturated heterocycles. The van der Waals surface area contributed by atoms with Crippen molar-refractivity contribution in [1.82, 2.24) is 5.32 Å². The molecular weight excluding hydrogens is 370 g/mol. The summed E-state index contributed by atoms with van der Waals surface area (Å²) in [5.74, 6) is 0.00699. The van der Waals surface area contributed by atoms with Crippen molar-refractivity contribution in [3.63, 3.8) is 0 Å². The molecule has 0 unspecified atom stereocenters. The minimum Gasteiger partial charge on any atom is -0.449 e. The Bertz CT molecular complexity index is 958. The number of hydrogen-bond acceptors (Lipinski definition) is 4. The van der Waals surface area contributed by atoms with E-state index in [1.807, 2.05) is 54.6 Å². The van der Waals surface area contributed by atoms with Crippen molar-refractivity contribution in [2.24, 2.45) is 0 Å². The zero-order valence-electron chi connectivity index (χ0n) is 15.1. The van der Waals surface area contributed by atoms with Crippen LogP contribution >= 0.6 is 11.8 Å². The van der Waals surface area contributed by atoms with E-state index in [4.69, 9.17) is 4.74 Å². The molecule has 0 radical (unpaired) electrons. The van der Waals surface area contributed by atoms with Crippen LogP contribution < -0.4 is 5.32 Å². The van der Waals surface area contributed by atoms with Crippen LogP contribution in [0, 0.1) is 0 Å². The summed E-state index contributed by atoms with van der Waals surface area (Å²) in [6.45, 7) is 0.163. The minimum absolute atomic E-state index is 0.00699. The molecule has 3 aromatic rings. The minimum atomic E-state index is -0.580. The first-order valence-corrected chi connectivity index (χ1v) is 9.88. The van der Waals surface area contributed by atoms with E-state index in [1.165, 1.54) is 11.1 Å². The third kappa shape index (κ3) is 3.94. The molecule has 1 aliphatic carbocycles. The molecule has 0 heterocycles. The molecule has 3 aromatic carbocycles. The summed E-state index contributed by atoms with van der Waals surface area (Å²) in [4.78, 5) is 24.9. The highest BCUT2D eigenvalue weighted by molar-refractivity contribution is 8.13. The second-order valence-electron chi connectivity index (χ2n) is 6.47. The van der Waals surface area contributed by atoms with Gasteiger partial charge in [-0.3, -0.25) is 4.79 Å². The highest BCUT2D eigenvalue weighted by Gasteiger charge is 2.28. The van der Waals surface area contributed by atoms with Gasteiger partial charge in [0.05, 0.1) is 6.54 Å².